The summed E-state index contributed by atoms with van der Waals surface area (Å²) < 4.78 is 0. The van der Waals surface area contributed by atoms with Crippen LogP contribution in [0, 0.1) is 0 Å². The number of aliphatic carboxylic acids is 1. The molecule has 0 aliphatic heterocycles. The van der Waals surface area contributed by atoms with Crippen molar-refractivity contribution < 1.29 is 14.7 Å². The highest BCUT2D eigenvalue weighted by atomic mass is 16.4. The molecule has 0 aliphatic rings. The number of amides is 1. The van der Waals surface area contributed by atoms with Crippen LogP contribution in [-0.2, 0) is 16.0 Å². The van der Waals surface area contributed by atoms with Crippen LogP contribution in [0.25, 0.3) is 0 Å². The monoisotopic (exact) mass is 250 g/mol. The average Bonchev–Trinajstić information content (AvgIpc) is 2.34. The zero-order chi connectivity index (χ0) is 13.5. The Bertz CT molecular complexity index is 404. The van der Waals surface area contributed by atoms with Gasteiger partial charge in [-0.25, -0.2) is 0 Å². The van der Waals surface area contributed by atoms with Gasteiger partial charge in [0.2, 0.25) is 5.91 Å². The predicted molar refractivity (Wildman–Crippen MR) is 67.0 cm³/mol. The molecule has 1 aromatic rings. The standard InChI is InChI=1S/C13H18N2O3/c1-10(2)15(9-13(17)18)12(16)7-6-11-5-3-4-8-14-11/h3-5,8,10H,6-7,9H2,1-2H3,(H,17,18). The van der Waals surface area contributed by atoms with Crippen molar-refractivity contribution in [1.29, 1.82) is 0 Å². The maximum absolute atomic E-state index is 11.9. The number of carbonyl (C=O) groups excluding carboxylic acids is 1. The Morgan fingerprint density at radius 3 is 2.61 bits per heavy atom. The highest BCUT2D eigenvalue weighted by Crippen LogP contribution is 2.05. The van der Waals surface area contributed by atoms with E-state index in [1.807, 2.05) is 32.0 Å². The average molecular weight is 250 g/mol. The van der Waals surface area contributed by atoms with Gasteiger partial charge in [0.25, 0.3) is 0 Å². The fourth-order valence-electron chi connectivity index (χ4n) is 1.63. The summed E-state index contributed by atoms with van der Waals surface area (Å²) in [6, 6.07) is 5.42. The zero-order valence-electron chi connectivity index (χ0n) is 10.7. The molecule has 0 saturated carbocycles. The van der Waals surface area contributed by atoms with Crippen molar-refractivity contribution in [3.63, 3.8) is 0 Å². The molecule has 0 bridgehead atoms. The van der Waals surface area contributed by atoms with E-state index >= 15 is 0 Å². The Kier molecular flexibility index (Phi) is 5.30. The van der Waals surface area contributed by atoms with Crippen molar-refractivity contribution in [2.45, 2.75) is 32.7 Å². The second-order valence-electron chi connectivity index (χ2n) is 4.33. The molecule has 1 amide bonds. The lowest BCUT2D eigenvalue weighted by atomic mass is 10.2. The summed E-state index contributed by atoms with van der Waals surface area (Å²) in [5.41, 5.74) is 0.838. The van der Waals surface area contributed by atoms with Gasteiger partial charge in [-0.2, -0.15) is 0 Å². The first-order valence-electron chi connectivity index (χ1n) is 5.92. The lowest BCUT2D eigenvalue weighted by Crippen LogP contribution is -2.40. The molecule has 0 spiro atoms. The van der Waals surface area contributed by atoms with Gasteiger partial charge in [-0.3, -0.25) is 14.6 Å². The summed E-state index contributed by atoms with van der Waals surface area (Å²) in [5.74, 6) is -1.15. The molecule has 0 unspecified atom stereocenters. The molecule has 0 aliphatic carbocycles. The minimum Gasteiger partial charge on any atom is -0.480 e. The van der Waals surface area contributed by atoms with Gasteiger partial charge in [0.1, 0.15) is 6.54 Å². The van der Waals surface area contributed by atoms with Gasteiger partial charge in [0.05, 0.1) is 0 Å². The van der Waals surface area contributed by atoms with Gasteiger partial charge >= 0.3 is 5.97 Å². The predicted octanol–water partition coefficient (Wildman–Crippen LogP) is 1.34. The van der Waals surface area contributed by atoms with Crippen molar-refractivity contribution in [3.8, 4) is 0 Å². The highest BCUT2D eigenvalue weighted by Gasteiger charge is 2.19. The van der Waals surface area contributed by atoms with E-state index in [0.717, 1.165) is 5.69 Å². The molecule has 1 N–H and O–H groups in total. The third-order valence-corrected chi connectivity index (χ3v) is 2.57. The van der Waals surface area contributed by atoms with Crippen molar-refractivity contribution in [1.82, 2.24) is 9.88 Å². The molecular formula is C13H18N2O3. The summed E-state index contributed by atoms with van der Waals surface area (Å²) in [6.07, 6.45) is 2.49. The number of hydrogen-bond donors (Lipinski definition) is 1. The maximum Gasteiger partial charge on any atom is 0.323 e. The van der Waals surface area contributed by atoms with E-state index < -0.39 is 5.97 Å². The van der Waals surface area contributed by atoms with Crippen molar-refractivity contribution in [2.75, 3.05) is 6.54 Å². The van der Waals surface area contributed by atoms with Crippen LogP contribution >= 0.6 is 0 Å². The molecule has 5 nitrogen and oxygen atoms in total. The minimum atomic E-state index is -0.991. The molecule has 98 valence electrons. The number of nitrogens with zero attached hydrogens (tertiary/aromatic N) is 2. The number of aromatic nitrogens is 1. The molecule has 1 aromatic heterocycles. The lowest BCUT2D eigenvalue weighted by molar-refractivity contribution is -0.145. The van der Waals surface area contributed by atoms with Crippen LogP contribution in [-0.4, -0.2) is 39.5 Å². The van der Waals surface area contributed by atoms with Crippen LogP contribution < -0.4 is 0 Å². The minimum absolute atomic E-state index is 0.114. The first-order chi connectivity index (χ1) is 8.50. The second kappa shape index (κ2) is 6.74. The maximum atomic E-state index is 11.9. The molecule has 1 rings (SSSR count). The first kappa shape index (κ1) is 14.2. The summed E-state index contributed by atoms with van der Waals surface area (Å²) in [5, 5.41) is 8.76. The Morgan fingerprint density at radius 2 is 2.11 bits per heavy atom. The molecule has 0 aromatic carbocycles. The van der Waals surface area contributed by atoms with Gasteiger partial charge < -0.3 is 10.0 Å². The van der Waals surface area contributed by atoms with E-state index in [1.165, 1.54) is 4.90 Å². The SMILES string of the molecule is CC(C)N(CC(=O)O)C(=O)CCc1ccccn1. The number of hydrogen-bond acceptors (Lipinski definition) is 3. The van der Waals surface area contributed by atoms with Crippen LogP contribution in [0.5, 0.6) is 0 Å². The van der Waals surface area contributed by atoms with Gasteiger partial charge in [0, 0.05) is 24.4 Å². The highest BCUT2D eigenvalue weighted by molar-refractivity contribution is 5.81. The number of carboxylic acids is 1. The first-order valence-corrected chi connectivity index (χ1v) is 5.92. The van der Waals surface area contributed by atoms with Crippen LogP contribution in [0.4, 0.5) is 0 Å². The van der Waals surface area contributed by atoms with Crippen LogP contribution in [0.3, 0.4) is 0 Å². The van der Waals surface area contributed by atoms with Crippen LogP contribution in [0.15, 0.2) is 24.4 Å². The van der Waals surface area contributed by atoms with E-state index in [9.17, 15) is 9.59 Å². The summed E-state index contributed by atoms with van der Waals surface area (Å²) in [6.45, 7) is 3.36. The molecular weight excluding hydrogens is 232 g/mol. The van der Waals surface area contributed by atoms with Gasteiger partial charge in [0.15, 0.2) is 0 Å². The quantitative estimate of drug-likeness (QED) is 0.827. The van der Waals surface area contributed by atoms with Crippen molar-refractivity contribution in [3.05, 3.63) is 30.1 Å². The Morgan fingerprint density at radius 1 is 1.39 bits per heavy atom. The van der Waals surface area contributed by atoms with Crippen LogP contribution in [0.2, 0.25) is 0 Å². The third kappa shape index (κ3) is 4.53. The van der Waals surface area contributed by atoms with Gasteiger partial charge in [-0.05, 0) is 32.4 Å². The lowest BCUT2D eigenvalue weighted by Gasteiger charge is -2.24. The van der Waals surface area contributed by atoms with E-state index in [4.69, 9.17) is 5.11 Å². The van der Waals surface area contributed by atoms with Gasteiger partial charge in [-0.1, -0.05) is 6.07 Å². The van der Waals surface area contributed by atoms with Gasteiger partial charge in [-0.15, -0.1) is 0 Å². The summed E-state index contributed by atoms with van der Waals surface area (Å²) >= 11 is 0. The molecule has 0 atom stereocenters. The Labute approximate surface area is 106 Å². The zero-order valence-corrected chi connectivity index (χ0v) is 10.7. The normalized spacial score (nSPS) is 10.4. The second-order valence-corrected chi connectivity index (χ2v) is 4.33. The smallest absolute Gasteiger partial charge is 0.323 e. The fourth-order valence-corrected chi connectivity index (χ4v) is 1.63. The van der Waals surface area contributed by atoms with E-state index in [0.29, 0.717) is 6.42 Å². The summed E-state index contributed by atoms with van der Waals surface area (Å²) in [7, 11) is 0. The van der Waals surface area contributed by atoms with E-state index in [2.05, 4.69) is 4.98 Å². The number of carbonyl (C=O) groups is 2. The summed E-state index contributed by atoms with van der Waals surface area (Å²) in [4.78, 5) is 28.1. The largest absolute Gasteiger partial charge is 0.480 e. The number of pyridine rings is 1. The van der Waals surface area contributed by atoms with Crippen molar-refractivity contribution in [2.24, 2.45) is 0 Å². The number of rotatable bonds is 6. The number of carboxylic acid groups (broad SMARTS) is 1. The van der Waals surface area contributed by atoms with Crippen LogP contribution in [0.1, 0.15) is 26.0 Å². The fraction of sp³-hybridized carbons (Fsp3) is 0.462. The Hall–Kier alpha value is -1.91. The molecule has 5 heteroatoms. The molecule has 0 saturated heterocycles. The van der Waals surface area contributed by atoms with E-state index in [1.54, 1.807) is 6.20 Å². The molecule has 18 heavy (non-hydrogen) atoms. The topological polar surface area (TPSA) is 70.5 Å². The van der Waals surface area contributed by atoms with Crippen molar-refractivity contribution >= 4 is 11.9 Å². The number of aryl methyl sites for hydroxylation is 1. The third-order valence-electron chi connectivity index (χ3n) is 2.57. The molecule has 0 radical (unpaired) electrons. The molecule has 1 heterocycles. The van der Waals surface area contributed by atoms with E-state index in [-0.39, 0.29) is 24.9 Å². The Balaban J connectivity index is 2.54. The molecule has 0 fully saturated rings.